The number of hydrogen-bond donors (Lipinski definition) is 0. The number of ether oxygens (including phenoxy) is 1. The lowest BCUT2D eigenvalue weighted by atomic mass is 9.64. The van der Waals surface area contributed by atoms with E-state index in [0.717, 1.165) is 17.7 Å². The minimum atomic E-state index is -0.521. The molecule has 1 aromatic carbocycles. The number of Topliss-reactive ketones (excluding diaryl/α,β-unsaturated/α-hetero) is 1. The molecule has 1 aromatic heterocycles. The first-order chi connectivity index (χ1) is 14.2. The van der Waals surface area contributed by atoms with Gasteiger partial charge in [-0.05, 0) is 37.8 Å². The van der Waals surface area contributed by atoms with Crippen molar-refractivity contribution >= 4 is 17.5 Å². The van der Waals surface area contributed by atoms with Crippen molar-refractivity contribution in [3.05, 3.63) is 59.0 Å². The van der Waals surface area contributed by atoms with Gasteiger partial charge in [0.05, 0.1) is 24.5 Å². The Morgan fingerprint density at radius 1 is 1.07 bits per heavy atom. The molecule has 1 saturated carbocycles. The van der Waals surface area contributed by atoms with Gasteiger partial charge >= 0.3 is 5.97 Å². The Hall–Kier alpha value is -2.95. The number of nitrogens with zero attached hydrogens (tertiary/aromatic N) is 1. The predicted molar refractivity (Wildman–Crippen MR) is 115 cm³/mol. The maximum atomic E-state index is 13.2. The summed E-state index contributed by atoms with van der Waals surface area (Å²) < 4.78 is 11.3. The van der Waals surface area contributed by atoms with Gasteiger partial charge in [-0.3, -0.25) is 9.79 Å². The number of hydrogen-bond acceptors (Lipinski definition) is 5. The topological polar surface area (TPSA) is 68.9 Å². The van der Waals surface area contributed by atoms with E-state index in [4.69, 9.17) is 9.15 Å². The van der Waals surface area contributed by atoms with E-state index in [2.05, 4.69) is 18.8 Å². The highest BCUT2D eigenvalue weighted by Gasteiger charge is 2.48. The van der Waals surface area contributed by atoms with Crippen LogP contribution in [0.4, 0.5) is 0 Å². The average Bonchev–Trinajstić information content (AvgIpc) is 3.15. The largest absolute Gasteiger partial charge is 0.466 e. The monoisotopic (exact) mass is 405 g/mol. The van der Waals surface area contributed by atoms with Gasteiger partial charge in [0, 0.05) is 23.4 Å². The molecule has 156 valence electrons. The molecule has 2 aromatic rings. The van der Waals surface area contributed by atoms with E-state index in [9.17, 15) is 9.59 Å². The molecule has 1 aliphatic heterocycles. The third-order valence-corrected chi connectivity index (χ3v) is 6.04. The Labute approximate surface area is 176 Å². The van der Waals surface area contributed by atoms with Crippen LogP contribution >= 0.6 is 0 Å². The molecule has 2 aliphatic rings. The van der Waals surface area contributed by atoms with Gasteiger partial charge in [0.1, 0.15) is 17.3 Å². The van der Waals surface area contributed by atoms with Gasteiger partial charge in [-0.1, -0.05) is 43.7 Å². The third kappa shape index (κ3) is 3.53. The molecule has 0 N–H and O–H groups in total. The fourth-order valence-electron chi connectivity index (χ4n) is 4.67. The van der Waals surface area contributed by atoms with Gasteiger partial charge in [-0.2, -0.15) is 0 Å². The van der Waals surface area contributed by atoms with E-state index < -0.39 is 17.8 Å². The minimum Gasteiger partial charge on any atom is -0.466 e. The van der Waals surface area contributed by atoms with E-state index in [1.165, 1.54) is 12.7 Å². The van der Waals surface area contributed by atoms with E-state index in [1.807, 2.05) is 43.3 Å². The molecule has 1 fully saturated rings. The second-order valence-electron chi connectivity index (χ2n) is 9.10. The second kappa shape index (κ2) is 7.38. The van der Waals surface area contributed by atoms with E-state index in [0.29, 0.717) is 29.2 Å². The molecule has 5 heteroatoms. The van der Waals surface area contributed by atoms with E-state index in [1.54, 1.807) is 6.92 Å². The number of esters is 1. The predicted octanol–water partition coefficient (Wildman–Crippen LogP) is 5.25. The van der Waals surface area contributed by atoms with E-state index >= 15 is 0 Å². The smallest absolute Gasteiger partial charge is 0.336 e. The summed E-state index contributed by atoms with van der Waals surface area (Å²) in [6.07, 6.45) is 1.17. The fourth-order valence-corrected chi connectivity index (χ4v) is 4.67. The van der Waals surface area contributed by atoms with Crippen LogP contribution < -0.4 is 0 Å². The van der Waals surface area contributed by atoms with Crippen LogP contribution in [0.2, 0.25) is 0 Å². The molecule has 1 aliphatic carbocycles. The molecule has 0 bridgehead atoms. The number of aryl methyl sites for hydroxylation is 1. The fraction of sp³-hybridized carbons (Fsp3) is 0.400. The molecular formula is C25H27NO4. The normalized spacial score (nSPS) is 23.1. The number of allylic oxidation sites excluding steroid dienone is 1. The molecule has 0 spiro atoms. The number of carbonyl (C=O) groups is 2. The molecule has 0 radical (unpaired) electrons. The number of carbonyl (C=O) groups excluding carboxylic acids is 2. The zero-order valence-electron chi connectivity index (χ0n) is 18.1. The summed E-state index contributed by atoms with van der Waals surface area (Å²) in [5, 5.41) is 0. The number of benzene rings is 1. The molecule has 4 rings (SSSR count). The van der Waals surface area contributed by atoms with Gasteiger partial charge in [0.2, 0.25) is 0 Å². The van der Waals surface area contributed by atoms with Gasteiger partial charge < -0.3 is 9.15 Å². The first-order valence-electron chi connectivity index (χ1n) is 10.3. The van der Waals surface area contributed by atoms with Crippen molar-refractivity contribution in [2.75, 3.05) is 7.11 Å². The van der Waals surface area contributed by atoms with Gasteiger partial charge in [0.25, 0.3) is 0 Å². The zero-order valence-corrected chi connectivity index (χ0v) is 18.1. The van der Waals surface area contributed by atoms with Crippen LogP contribution in [0.5, 0.6) is 0 Å². The Kier molecular flexibility index (Phi) is 5.00. The average molecular weight is 405 g/mol. The number of methoxy groups -OCH3 is 1. The lowest BCUT2D eigenvalue weighted by Crippen LogP contribution is -2.43. The Morgan fingerprint density at radius 2 is 1.77 bits per heavy atom. The molecule has 30 heavy (non-hydrogen) atoms. The number of rotatable bonds is 3. The molecule has 0 amide bonds. The highest BCUT2D eigenvalue weighted by molar-refractivity contribution is 6.12. The van der Waals surface area contributed by atoms with Crippen LogP contribution in [-0.2, 0) is 14.3 Å². The second-order valence-corrected chi connectivity index (χ2v) is 9.10. The SMILES string of the molecule is COC(=O)C1=C(C)N=C2CC(C)(C)CC(=O)C2[C@@H]1c1ccc(-c2ccc(C)cc2)o1. The van der Waals surface area contributed by atoms with Crippen LogP contribution in [0.25, 0.3) is 11.3 Å². The summed E-state index contributed by atoms with van der Waals surface area (Å²) in [7, 11) is 1.35. The molecular weight excluding hydrogens is 378 g/mol. The van der Waals surface area contributed by atoms with Crippen molar-refractivity contribution in [2.24, 2.45) is 16.3 Å². The van der Waals surface area contributed by atoms with Crippen molar-refractivity contribution < 1.29 is 18.7 Å². The van der Waals surface area contributed by atoms with Crippen LogP contribution in [-0.4, -0.2) is 24.6 Å². The number of aliphatic imine (C=N–C) groups is 1. The van der Waals surface area contributed by atoms with Crippen molar-refractivity contribution in [1.82, 2.24) is 0 Å². The molecule has 5 nitrogen and oxygen atoms in total. The maximum absolute atomic E-state index is 13.2. The van der Waals surface area contributed by atoms with Gasteiger partial charge in [-0.25, -0.2) is 4.79 Å². The number of fused-ring (bicyclic) bond motifs is 1. The van der Waals surface area contributed by atoms with Crippen molar-refractivity contribution in [3.8, 4) is 11.3 Å². The quantitative estimate of drug-likeness (QED) is 0.655. The Morgan fingerprint density at radius 3 is 2.43 bits per heavy atom. The minimum absolute atomic E-state index is 0.0946. The van der Waals surface area contributed by atoms with Gasteiger partial charge in [-0.15, -0.1) is 0 Å². The zero-order chi connectivity index (χ0) is 21.6. The molecule has 0 saturated heterocycles. The number of furan rings is 1. The number of ketones is 1. The van der Waals surface area contributed by atoms with Crippen LogP contribution in [0.1, 0.15) is 50.9 Å². The Bertz CT molecular complexity index is 1070. The maximum Gasteiger partial charge on any atom is 0.336 e. The van der Waals surface area contributed by atoms with Crippen LogP contribution in [0, 0.1) is 18.3 Å². The standard InChI is InChI=1S/C25H27NO4/c1-14-6-8-16(9-7-14)19-10-11-20(30-19)23-21(24(28)29-5)15(2)26-17-12-25(3,4)13-18(27)22(17)23/h6-11,22-23H,12-13H2,1-5H3/t22?,23-/m1/s1. The van der Waals surface area contributed by atoms with E-state index in [-0.39, 0.29) is 11.2 Å². The van der Waals surface area contributed by atoms with Crippen LogP contribution in [0.3, 0.4) is 0 Å². The molecule has 1 unspecified atom stereocenters. The summed E-state index contributed by atoms with van der Waals surface area (Å²) in [5.74, 6) is -0.0840. The lowest BCUT2D eigenvalue weighted by Gasteiger charge is -2.40. The van der Waals surface area contributed by atoms with Gasteiger partial charge in [0.15, 0.2) is 0 Å². The summed E-state index contributed by atoms with van der Waals surface area (Å²) in [6.45, 7) is 8.00. The summed E-state index contributed by atoms with van der Waals surface area (Å²) in [4.78, 5) is 30.6. The molecule has 2 heterocycles. The third-order valence-electron chi connectivity index (χ3n) is 6.04. The van der Waals surface area contributed by atoms with Crippen LogP contribution in [0.15, 0.2) is 57.1 Å². The lowest BCUT2D eigenvalue weighted by molar-refractivity contribution is -0.136. The van der Waals surface area contributed by atoms with Crippen molar-refractivity contribution in [3.63, 3.8) is 0 Å². The summed E-state index contributed by atoms with van der Waals surface area (Å²) >= 11 is 0. The highest BCUT2D eigenvalue weighted by Crippen LogP contribution is 2.47. The first kappa shape index (κ1) is 20.3. The van der Waals surface area contributed by atoms with Crippen molar-refractivity contribution in [2.45, 2.75) is 46.5 Å². The van der Waals surface area contributed by atoms with Crippen molar-refractivity contribution in [1.29, 1.82) is 0 Å². The summed E-state index contributed by atoms with van der Waals surface area (Å²) in [5.41, 5.74) is 3.81. The highest BCUT2D eigenvalue weighted by atomic mass is 16.5. The summed E-state index contributed by atoms with van der Waals surface area (Å²) in [6, 6.07) is 11.8. The first-order valence-corrected chi connectivity index (χ1v) is 10.3. The Balaban J connectivity index is 1.82. The molecule has 2 atom stereocenters.